The predicted octanol–water partition coefficient (Wildman–Crippen LogP) is 2.43. The summed E-state index contributed by atoms with van der Waals surface area (Å²) in [6.07, 6.45) is 8.22. The summed E-state index contributed by atoms with van der Waals surface area (Å²) in [5.41, 5.74) is 2.44. The van der Waals surface area contributed by atoms with E-state index >= 15 is 0 Å². The van der Waals surface area contributed by atoms with Crippen molar-refractivity contribution in [3.63, 3.8) is 0 Å². The van der Waals surface area contributed by atoms with E-state index in [9.17, 15) is 5.11 Å². The molecule has 1 aromatic heterocycles. The topological polar surface area (TPSA) is 42.4 Å². The number of nitrogens with zero attached hydrogens (tertiary/aromatic N) is 1. The Kier molecular flexibility index (Phi) is 3.62. The van der Waals surface area contributed by atoms with E-state index in [-0.39, 0.29) is 12.0 Å². The number of pyridine rings is 1. The van der Waals surface area contributed by atoms with Crippen LogP contribution in [-0.4, -0.2) is 28.9 Å². The molecule has 1 aliphatic heterocycles. The third-order valence-electron chi connectivity index (χ3n) is 4.27. The molecule has 0 bridgehead atoms. The minimum absolute atomic E-state index is 0.239. The van der Waals surface area contributed by atoms with Crippen molar-refractivity contribution in [3.05, 3.63) is 29.6 Å². The molecule has 0 aromatic carbocycles. The van der Waals surface area contributed by atoms with Crippen molar-refractivity contribution in [1.82, 2.24) is 4.98 Å². The average Bonchev–Trinajstić information content (AvgIpc) is 3.05. The molecule has 1 aliphatic carbocycles. The van der Waals surface area contributed by atoms with Gasteiger partial charge in [-0.25, -0.2) is 0 Å². The Morgan fingerprint density at radius 3 is 3.22 bits per heavy atom. The van der Waals surface area contributed by atoms with Crippen LogP contribution in [0.3, 0.4) is 0 Å². The molecule has 0 radical (unpaired) electrons. The zero-order chi connectivity index (χ0) is 12.4. The molecule has 3 nitrogen and oxygen atoms in total. The van der Waals surface area contributed by atoms with Gasteiger partial charge in [0.25, 0.3) is 0 Å². The number of aliphatic hydroxyl groups excluding tert-OH is 1. The highest BCUT2D eigenvalue weighted by molar-refractivity contribution is 5.29. The van der Waals surface area contributed by atoms with Gasteiger partial charge < -0.3 is 9.84 Å². The fourth-order valence-electron chi connectivity index (χ4n) is 3.25. The first-order valence-corrected chi connectivity index (χ1v) is 7.08. The van der Waals surface area contributed by atoms with Crippen LogP contribution in [0.25, 0.3) is 0 Å². The van der Waals surface area contributed by atoms with Gasteiger partial charge >= 0.3 is 0 Å². The van der Waals surface area contributed by atoms with Gasteiger partial charge in [0, 0.05) is 24.4 Å². The number of hydrogen-bond donors (Lipinski definition) is 1. The summed E-state index contributed by atoms with van der Waals surface area (Å²) in [4.78, 5) is 4.45. The van der Waals surface area contributed by atoms with Gasteiger partial charge in [0.15, 0.2) is 0 Å². The summed E-state index contributed by atoms with van der Waals surface area (Å²) in [5, 5.41) is 10.4. The average molecular weight is 247 g/mol. The van der Waals surface area contributed by atoms with E-state index in [0.717, 1.165) is 44.4 Å². The fourth-order valence-corrected chi connectivity index (χ4v) is 3.25. The van der Waals surface area contributed by atoms with Crippen molar-refractivity contribution in [2.45, 2.75) is 56.7 Å². The SMILES string of the molecule is OC(CCC1CCCO1)C1CCc2cccnc21. The fraction of sp³-hybridized carbons (Fsp3) is 0.667. The number of fused-ring (bicyclic) bond motifs is 1. The Bertz CT molecular complexity index is 401. The van der Waals surface area contributed by atoms with Crippen molar-refractivity contribution < 1.29 is 9.84 Å². The van der Waals surface area contributed by atoms with Crippen LogP contribution >= 0.6 is 0 Å². The van der Waals surface area contributed by atoms with Crippen LogP contribution in [0.2, 0.25) is 0 Å². The van der Waals surface area contributed by atoms with Crippen molar-refractivity contribution >= 4 is 0 Å². The van der Waals surface area contributed by atoms with E-state index < -0.39 is 0 Å². The van der Waals surface area contributed by atoms with Gasteiger partial charge in [-0.2, -0.15) is 0 Å². The minimum atomic E-state index is -0.259. The molecule has 2 heterocycles. The predicted molar refractivity (Wildman–Crippen MR) is 69.5 cm³/mol. The van der Waals surface area contributed by atoms with Crippen LogP contribution < -0.4 is 0 Å². The number of rotatable bonds is 4. The highest BCUT2D eigenvalue weighted by Gasteiger charge is 2.30. The first-order valence-electron chi connectivity index (χ1n) is 7.08. The third kappa shape index (κ3) is 2.43. The largest absolute Gasteiger partial charge is 0.392 e. The monoisotopic (exact) mass is 247 g/mol. The molecular weight excluding hydrogens is 226 g/mol. The Morgan fingerprint density at radius 1 is 1.44 bits per heavy atom. The summed E-state index contributed by atoms with van der Waals surface area (Å²) < 4.78 is 5.61. The molecule has 1 N–H and O–H groups in total. The lowest BCUT2D eigenvalue weighted by atomic mass is 9.94. The van der Waals surface area contributed by atoms with Gasteiger partial charge in [-0.1, -0.05) is 6.07 Å². The number of ether oxygens (including phenoxy) is 1. The van der Waals surface area contributed by atoms with Crippen molar-refractivity contribution in [3.8, 4) is 0 Å². The van der Waals surface area contributed by atoms with Gasteiger partial charge in [0.1, 0.15) is 0 Å². The first-order chi connectivity index (χ1) is 8.84. The van der Waals surface area contributed by atoms with Crippen molar-refractivity contribution in [2.24, 2.45) is 0 Å². The van der Waals surface area contributed by atoms with Crippen LogP contribution in [0.15, 0.2) is 18.3 Å². The smallest absolute Gasteiger partial charge is 0.0625 e. The number of hydrogen-bond acceptors (Lipinski definition) is 3. The Balaban J connectivity index is 1.58. The maximum atomic E-state index is 10.4. The lowest BCUT2D eigenvalue weighted by Crippen LogP contribution is -2.19. The second-order valence-corrected chi connectivity index (χ2v) is 5.47. The maximum Gasteiger partial charge on any atom is 0.0625 e. The van der Waals surface area contributed by atoms with Gasteiger partial charge in [-0.05, 0) is 50.2 Å². The molecule has 2 aliphatic rings. The molecule has 3 heteroatoms. The summed E-state index contributed by atoms with van der Waals surface area (Å²) in [6, 6.07) is 4.12. The van der Waals surface area contributed by atoms with Crippen LogP contribution in [0.5, 0.6) is 0 Å². The zero-order valence-electron chi connectivity index (χ0n) is 10.7. The molecular formula is C15H21NO2. The molecule has 1 aromatic rings. The first kappa shape index (κ1) is 12.1. The summed E-state index contributed by atoms with van der Waals surface area (Å²) in [7, 11) is 0. The Hall–Kier alpha value is -0.930. The van der Waals surface area contributed by atoms with Crippen LogP contribution in [0.1, 0.15) is 49.3 Å². The van der Waals surface area contributed by atoms with Gasteiger partial charge in [0.05, 0.1) is 12.2 Å². The van der Waals surface area contributed by atoms with Crippen LogP contribution in [0, 0.1) is 0 Å². The quantitative estimate of drug-likeness (QED) is 0.888. The second kappa shape index (κ2) is 5.37. The lowest BCUT2D eigenvalue weighted by Gasteiger charge is -2.19. The third-order valence-corrected chi connectivity index (χ3v) is 4.27. The Morgan fingerprint density at radius 2 is 2.39 bits per heavy atom. The van der Waals surface area contributed by atoms with E-state index in [0.29, 0.717) is 6.10 Å². The summed E-state index contributed by atoms with van der Waals surface area (Å²) >= 11 is 0. The zero-order valence-corrected chi connectivity index (χ0v) is 10.7. The standard InChI is InChI=1S/C15H21NO2/c17-14(8-6-12-4-2-10-18-12)13-7-5-11-3-1-9-16-15(11)13/h1,3,9,12-14,17H,2,4-8,10H2. The molecule has 3 rings (SSSR count). The Labute approximate surface area is 108 Å². The molecule has 3 atom stereocenters. The minimum Gasteiger partial charge on any atom is -0.392 e. The highest BCUT2D eigenvalue weighted by Crippen LogP contribution is 2.35. The molecule has 1 saturated heterocycles. The number of aliphatic hydroxyl groups is 1. The van der Waals surface area contributed by atoms with E-state index in [1.165, 1.54) is 12.0 Å². The molecule has 0 saturated carbocycles. The van der Waals surface area contributed by atoms with Crippen LogP contribution in [0.4, 0.5) is 0 Å². The number of aryl methyl sites for hydroxylation is 1. The molecule has 0 spiro atoms. The van der Waals surface area contributed by atoms with E-state index in [1.54, 1.807) is 0 Å². The van der Waals surface area contributed by atoms with Gasteiger partial charge in [-0.15, -0.1) is 0 Å². The molecule has 3 unspecified atom stereocenters. The van der Waals surface area contributed by atoms with Crippen molar-refractivity contribution in [1.29, 1.82) is 0 Å². The normalized spacial score (nSPS) is 28.3. The lowest BCUT2D eigenvalue weighted by molar-refractivity contribution is 0.0724. The maximum absolute atomic E-state index is 10.4. The van der Waals surface area contributed by atoms with E-state index in [1.807, 2.05) is 12.3 Å². The second-order valence-electron chi connectivity index (χ2n) is 5.47. The molecule has 1 fully saturated rings. The van der Waals surface area contributed by atoms with E-state index in [4.69, 9.17) is 4.74 Å². The van der Waals surface area contributed by atoms with Crippen molar-refractivity contribution in [2.75, 3.05) is 6.61 Å². The van der Waals surface area contributed by atoms with Crippen LogP contribution in [-0.2, 0) is 11.2 Å². The van der Waals surface area contributed by atoms with Gasteiger partial charge in [0.2, 0.25) is 0 Å². The van der Waals surface area contributed by atoms with Gasteiger partial charge in [-0.3, -0.25) is 4.98 Å². The highest BCUT2D eigenvalue weighted by atomic mass is 16.5. The molecule has 0 amide bonds. The molecule has 18 heavy (non-hydrogen) atoms. The summed E-state index contributed by atoms with van der Waals surface area (Å²) in [5.74, 6) is 0.239. The number of aromatic nitrogens is 1. The van der Waals surface area contributed by atoms with E-state index in [2.05, 4.69) is 11.1 Å². The summed E-state index contributed by atoms with van der Waals surface area (Å²) in [6.45, 7) is 0.897. The molecule has 98 valence electrons.